The first-order valence-electron chi connectivity index (χ1n) is 6.14. The summed E-state index contributed by atoms with van der Waals surface area (Å²) in [6.45, 7) is -0.530. The summed E-state index contributed by atoms with van der Waals surface area (Å²) in [7, 11) is 0. The number of hydrogen-bond acceptors (Lipinski definition) is 3. The molecule has 1 amide bonds. The minimum Gasteiger partial charge on any atom is -0.483 e. The van der Waals surface area contributed by atoms with Crippen LogP contribution in [0.5, 0.6) is 5.75 Å². The molecule has 1 aliphatic rings. The third kappa shape index (κ3) is 3.44. The predicted octanol–water partition coefficient (Wildman–Crippen LogP) is 1.91. The van der Waals surface area contributed by atoms with Gasteiger partial charge in [0.2, 0.25) is 0 Å². The predicted molar refractivity (Wildman–Crippen MR) is 74.0 cm³/mol. The van der Waals surface area contributed by atoms with Gasteiger partial charge in [0.1, 0.15) is 16.3 Å². The Morgan fingerprint density at radius 1 is 1.38 bits per heavy atom. The van der Waals surface area contributed by atoms with Crippen LogP contribution in [0.1, 0.15) is 18.4 Å². The molecule has 0 spiro atoms. The van der Waals surface area contributed by atoms with E-state index in [1.54, 1.807) is 24.3 Å². The molecule has 0 aliphatic heterocycles. The summed E-state index contributed by atoms with van der Waals surface area (Å²) < 4.78 is 43.3. The van der Waals surface area contributed by atoms with Gasteiger partial charge in [-0.1, -0.05) is 24.4 Å². The highest BCUT2D eigenvalue weighted by Gasteiger charge is 2.64. The molecule has 0 radical (unpaired) electrons. The molecule has 1 aromatic carbocycles. The molecule has 0 heterocycles. The Balaban J connectivity index is 1.95. The van der Waals surface area contributed by atoms with Crippen molar-refractivity contribution >= 4 is 23.1 Å². The summed E-state index contributed by atoms with van der Waals surface area (Å²) in [5.74, 6) is -0.570. The lowest BCUT2D eigenvalue weighted by atomic mass is 10.2. The van der Waals surface area contributed by atoms with Gasteiger partial charge in [-0.15, -0.1) is 0 Å². The molecule has 21 heavy (non-hydrogen) atoms. The molecular formula is C13H13F3N2O2S. The lowest BCUT2D eigenvalue weighted by Crippen LogP contribution is -2.49. The summed E-state index contributed by atoms with van der Waals surface area (Å²) in [6.07, 6.45) is -4.66. The Hall–Kier alpha value is -1.83. The Morgan fingerprint density at radius 3 is 2.52 bits per heavy atom. The monoisotopic (exact) mass is 318 g/mol. The van der Waals surface area contributed by atoms with Crippen LogP contribution in [0, 0.1) is 0 Å². The number of ether oxygens (including phenoxy) is 1. The van der Waals surface area contributed by atoms with Crippen molar-refractivity contribution in [2.75, 3.05) is 6.61 Å². The van der Waals surface area contributed by atoms with E-state index in [0.29, 0.717) is 5.56 Å². The van der Waals surface area contributed by atoms with E-state index < -0.39 is 24.2 Å². The number of nitrogens with one attached hydrogen (secondary N) is 1. The number of hydrogen-bond donors (Lipinski definition) is 2. The number of para-hydroxylation sites is 1. The quantitative estimate of drug-likeness (QED) is 0.814. The number of rotatable bonds is 5. The molecule has 0 atom stereocenters. The molecule has 1 aliphatic carbocycles. The average Bonchev–Trinajstić information content (AvgIpc) is 3.17. The molecule has 0 unspecified atom stereocenters. The van der Waals surface area contributed by atoms with Crippen LogP contribution < -0.4 is 15.8 Å². The third-order valence-electron chi connectivity index (χ3n) is 3.18. The van der Waals surface area contributed by atoms with Gasteiger partial charge >= 0.3 is 6.18 Å². The van der Waals surface area contributed by atoms with Crippen LogP contribution in [-0.4, -0.2) is 29.2 Å². The van der Waals surface area contributed by atoms with Gasteiger partial charge in [-0.25, -0.2) is 0 Å². The molecule has 0 bridgehead atoms. The van der Waals surface area contributed by atoms with Gasteiger partial charge in [0.05, 0.1) is 5.56 Å². The second-order valence-corrected chi connectivity index (χ2v) is 5.22. The zero-order chi connectivity index (χ0) is 15.7. The van der Waals surface area contributed by atoms with E-state index in [1.807, 2.05) is 5.32 Å². The van der Waals surface area contributed by atoms with E-state index >= 15 is 0 Å². The average molecular weight is 318 g/mol. The highest BCUT2D eigenvalue weighted by Crippen LogP contribution is 2.48. The number of nitrogens with two attached hydrogens (primary N) is 1. The Labute approximate surface area is 124 Å². The highest BCUT2D eigenvalue weighted by atomic mass is 32.1. The smallest absolute Gasteiger partial charge is 0.411 e. The van der Waals surface area contributed by atoms with Crippen LogP contribution >= 0.6 is 12.2 Å². The molecule has 0 saturated heterocycles. The number of thiocarbonyl (C=S) groups is 1. The summed E-state index contributed by atoms with van der Waals surface area (Å²) in [4.78, 5) is 11.7. The fourth-order valence-corrected chi connectivity index (χ4v) is 2.02. The minimum atomic E-state index is -4.45. The Kier molecular flexibility index (Phi) is 4.08. The maximum atomic E-state index is 12.7. The second-order valence-electron chi connectivity index (χ2n) is 4.78. The lowest BCUT2D eigenvalue weighted by molar-refractivity contribution is -0.170. The third-order valence-corrected chi connectivity index (χ3v) is 3.40. The van der Waals surface area contributed by atoms with Crippen molar-refractivity contribution in [3.63, 3.8) is 0 Å². The van der Waals surface area contributed by atoms with Gasteiger partial charge in [-0.2, -0.15) is 13.2 Å². The number of benzene rings is 1. The number of carbonyl (C=O) groups is 1. The summed E-state index contributed by atoms with van der Waals surface area (Å²) in [6, 6.07) is 6.48. The van der Waals surface area contributed by atoms with E-state index in [1.165, 1.54) is 0 Å². The summed E-state index contributed by atoms with van der Waals surface area (Å²) in [5.41, 5.74) is 3.83. The number of amides is 1. The molecule has 3 N–H and O–H groups in total. The fraction of sp³-hybridized carbons (Fsp3) is 0.385. The van der Waals surface area contributed by atoms with Gasteiger partial charge in [0.25, 0.3) is 5.91 Å². The molecule has 4 nitrogen and oxygen atoms in total. The van der Waals surface area contributed by atoms with E-state index in [4.69, 9.17) is 22.7 Å². The van der Waals surface area contributed by atoms with E-state index in [2.05, 4.69) is 0 Å². The van der Waals surface area contributed by atoms with Crippen molar-refractivity contribution in [3.05, 3.63) is 29.8 Å². The standard InChI is InChI=1S/C13H13F3N2O2S/c14-13(15,16)12(5-6-12)18-10(19)7-20-9-4-2-1-3-8(9)11(17)21/h1-4H,5-7H2,(H2,17,21)(H,18,19). The summed E-state index contributed by atoms with van der Waals surface area (Å²) >= 11 is 4.82. The normalized spacial score (nSPS) is 16.1. The molecule has 1 saturated carbocycles. The first-order chi connectivity index (χ1) is 9.75. The molecular weight excluding hydrogens is 305 g/mol. The van der Waals surface area contributed by atoms with Crippen molar-refractivity contribution in [3.8, 4) is 5.75 Å². The molecule has 1 fully saturated rings. The first-order valence-corrected chi connectivity index (χ1v) is 6.55. The maximum absolute atomic E-state index is 12.7. The SMILES string of the molecule is NC(=S)c1ccccc1OCC(=O)NC1(C(F)(F)F)CC1. The topological polar surface area (TPSA) is 64.3 Å². The van der Waals surface area contributed by atoms with Crippen LogP contribution in [0.15, 0.2) is 24.3 Å². The van der Waals surface area contributed by atoms with Crippen molar-refractivity contribution in [2.24, 2.45) is 5.73 Å². The number of halogens is 3. The van der Waals surface area contributed by atoms with Crippen LogP contribution in [-0.2, 0) is 4.79 Å². The molecule has 114 valence electrons. The van der Waals surface area contributed by atoms with E-state index in [0.717, 1.165) is 0 Å². The molecule has 1 aromatic rings. The van der Waals surface area contributed by atoms with Crippen molar-refractivity contribution in [1.29, 1.82) is 0 Å². The zero-order valence-electron chi connectivity index (χ0n) is 10.9. The number of alkyl halides is 3. The Bertz CT molecular complexity index is 571. The van der Waals surface area contributed by atoms with Gasteiger partial charge in [0, 0.05) is 0 Å². The van der Waals surface area contributed by atoms with E-state index in [-0.39, 0.29) is 23.6 Å². The van der Waals surface area contributed by atoms with Crippen LogP contribution in [0.3, 0.4) is 0 Å². The summed E-state index contributed by atoms with van der Waals surface area (Å²) in [5, 5.41) is 1.97. The van der Waals surface area contributed by atoms with Gasteiger partial charge in [-0.05, 0) is 25.0 Å². The molecule has 0 aromatic heterocycles. The number of carbonyl (C=O) groups excluding carboxylic acids is 1. The first kappa shape index (κ1) is 15.6. The van der Waals surface area contributed by atoms with Crippen molar-refractivity contribution in [2.45, 2.75) is 24.6 Å². The molecule has 8 heteroatoms. The van der Waals surface area contributed by atoms with Crippen LogP contribution in [0.2, 0.25) is 0 Å². The van der Waals surface area contributed by atoms with Crippen molar-refractivity contribution < 1.29 is 22.7 Å². The lowest BCUT2D eigenvalue weighted by Gasteiger charge is -2.20. The van der Waals surface area contributed by atoms with Gasteiger partial charge in [-0.3, -0.25) is 4.79 Å². The second kappa shape index (κ2) is 5.51. The minimum absolute atomic E-state index is 0.0833. The molecule has 2 rings (SSSR count). The van der Waals surface area contributed by atoms with Gasteiger partial charge < -0.3 is 15.8 Å². The largest absolute Gasteiger partial charge is 0.483 e. The van der Waals surface area contributed by atoms with Crippen LogP contribution in [0.4, 0.5) is 13.2 Å². The fourth-order valence-electron chi connectivity index (χ4n) is 1.85. The van der Waals surface area contributed by atoms with Crippen LogP contribution in [0.25, 0.3) is 0 Å². The Morgan fingerprint density at radius 2 is 2.00 bits per heavy atom. The zero-order valence-corrected chi connectivity index (χ0v) is 11.7. The van der Waals surface area contributed by atoms with E-state index in [9.17, 15) is 18.0 Å². The van der Waals surface area contributed by atoms with Crippen molar-refractivity contribution in [1.82, 2.24) is 5.32 Å². The maximum Gasteiger partial charge on any atom is 0.411 e. The highest BCUT2D eigenvalue weighted by molar-refractivity contribution is 7.80. The van der Waals surface area contributed by atoms with Gasteiger partial charge in [0.15, 0.2) is 6.61 Å².